The monoisotopic (exact) mass is 331 g/mol. The van der Waals surface area contributed by atoms with Crippen molar-refractivity contribution in [2.45, 2.75) is 13.3 Å². The van der Waals surface area contributed by atoms with E-state index in [0.717, 1.165) is 17.1 Å². The van der Waals surface area contributed by atoms with E-state index < -0.39 is 0 Å². The summed E-state index contributed by atoms with van der Waals surface area (Å²) in [4.78, 5) is 15.4. The van der Waals surface area contributed by atoms with Gasteiger partial charge in [-0.05, 0) is 30.8 Å². The van der Waals surface area contributed by atoms with E-state index in [1.165, 1.54) is 11.3 Å². The molecule has 2 heterocycles. The first-order valence-corrected chi connectivity index (χ1v) is 7.91. The number of H-pyrrole nitrogens is 1. The maximum Gasteiger partial charge on any atom is 0.276 e. The zero-order chi connectivity index (χ0) is 15.5. The second-order valence-electron chi connectivity index (χ2n) is 4.46. The fraction of sp³-hybridized carbons (Fsp3) is 0.143. The second-order valence-corrected chi connectivity index (χ2v) is 5.91. The number of benzene rings is 1. The van der Waals surface area contributed by atoms with Crippen LogP contribution in [0.25, 0.3) is 5.69 Å². The lowest BCUT2D eigenvalue weighted by Gasteiger charge is -2.07. The minimum atomic E-state index is -0.282. The summed E-state index contributed by atoms with van der Waals surface area (Å²) < 4.78 is 2.15. The highest BCUT2D eigenvalue weighted by Crippen LogP contribution is 2.18. The van der Waals surface area contributed by atoms with Crippen LogP contribution in [0.4, 0.5) is 5.13 Å². The first-order chi connectivity index (χ1) is 10.7. The molecule has 0 aliphatic rings. The highest BCUT2D eigenvalue weighted by atomic mass is 32.1. The van der Waals surface area contributed by atoms with Crippen LogP contribution in [0.3, 0.4) is 0 Å². The van der Waals surface area contributed by atoms with Crippen molar-refractivity contribution in [3.63, 3.8) is 0 Å². The normalized spacial score (nSPS) is 10.6. The van der Waals surface area contributed by atoms with Crippen molar-refractivity contribution < 1.29 is 4.79 Å². The van der Waals surface area contributed by atoms with Crippen LogP contribution >= 0.6 is 23.6 Å². The Morgan fingerprint density at radius 2 is 2.14 bits per heavy atom. The summed E-state index contributed by atoms with van der Waals surface area (Å²) in [6, 6.07) is 9.47. The molecule has 2 aromatic heterocycles. The third kappa shape index (κ3) is 2.83. The van der Waals surface area contributed by atoms with Crippen LogP contribution in [0.15, 0.2) is 36.5 Å². The van der Waals surface area contributed by atoms with E-state index >= 15 is 0 Å². The van der Waals surface area contributed by atoms with Gasteiger partial charge in [-0.2, -0.15) is 0 Å². The molecule has 1 aromatic carbocycles. The SMILES string of the molecule is CCc1nnc(NC(=O)c2c[nH]c(=S)n2-c2ccccc2)s1. The molecule has 0 bridgehead atoms. The van der Waals surface area contributed by atoms with Crippen molar-refractivity contribution in [1.29, 1.82) is 0 Å². The number of aromatic amines is 1. The third-order valence-corrected chi connectivity index (χ3v) is 4.30. The van der Waals surface area contributed by atoms with Crippen LogP contribution < -0.4 is 5.32 Å². The lowest BCUT2D eigenvalue weighted by atomic mass is 10.3. The quantitative estimate of drug-likeness (QED) is 0.720. The molecule has 0 aliphatic carbocycles. The summed E-state index contributed by atoms with van der Waals surface area (Å²) in [5.74, 6) is -0.282. The number of rotatable bonds is 4. The molecule has 0 saturated carbocycles. The second kappa shape index (κ2) is 6.20. The Bertz CT molecular complexity index is 850. The Labute approximate surface area is 135 Å². The summed E-state index contributed by atoms with van der Waals surface area (Å²) in [6.45, 7) is 1.99. The van der Waals surface area contributed by atoms with Gasteiger partial charge in [0.25, 0.3) is 5.91 Å². The lowest BCUT2D eigenvalue weighted by molar-refractivity contribution is 0.102. The van der Waals surface area contributed by atoms with Crippen LogP contribution in [-0.4, -0.2) is 25.7 Å². The van der Waals surface area contributed by atoms with Gasteiger partial charge in [-0.25, -0.2) is 0 Å². The lowest BCUT2D eigenvalue weighted by Crippen LogP contribution is -2.16. The summed E-state index contributed by atoms with van der Waals surface area (Å²) in [5, 5.41) is 12.1. The number of para-hydroxylation sites is 1. The Morgan fingerprint density at radius 1 is 1.36 bits per heavy atom. The standard InChI is InChI=1S/C14H13N5OS2/c1-2-11-17-18-13(22-11)16-12(20)10-8-15-14(21)19(10)9-6-4-3-5-7-9/h3-8H,2H2,1H3,(H,15,21)(H,16,18,20). The largest absolute Gasteiger partial charge is 0.336 e. The number of carbonyl (C=O) groups excluding carboxylic acids is 1. The molecule has 3 rings (SSSR count). The molecule has 22 heavy (non-hydrogen) atoms. The summed E-state index contributed by atoms with van der Waals surface area (Å²) in [7, 11) is 0. The fourth-order valence-corrected chi connectivity index (χ4v) is 2.91. The number of aromatic nitrogens is 4. The Kier molecular flexibility index (Phi) is 4.12. The summed E-state index contributed by atoms with van der Waals surface area (Å²) in [5.41, 5.74) is 1.25. The number of nitrogens with zero attached hydrogens (tertiary/aromatic N) is 3. The Balaban J connectivity index is 1.92. The minimum Gasteiger partial charge on any atom is -0.336 e. The van der Waals surface area contributed by atoms with Gasteiger partial charge in [0.1, 0.15) is 10.7 Å². The number of aryl methyl sites for hydroxylation is 1. The van der Waals surface area contributed by atoms with Crippen LogP contribution in [0.2, 0.25) is 0 Å². The van der Waals surface area contributed by atoms with E-state index in [9.17, 15) is 4.79 Å². The molecule has 0 spiro atoms. The zero-order valence-electron chi connectivity index (χ0n) is 11.7. The molecule has 2 N–H and O–H groups in total. The van der Waals surface area contributed by atoms with Gasteiger partial charge >= 0.3 is 0 Å². The molecule has 0 aliphatic heterocycles. The van der Waals surface area contributed by atoms with Crippen molar-refractivity contribution in [3.05, 3.63) is 52.0 Å². The van der Waals surface area contributed by atoms with Gasteiger partial charge in [0, 0.05) is 11.9 Å². The molecule has 0 atom stereocenters. The van der Waals surface area contributed by atoms with Gasteiger partial charge in [0.05, 0.1) is 0 Å². The smallest absolute Gasteiger partial charge is 0.276 e. The first kappa shape index (κ1) is 14.6. The third-order valence-electron chi connectivity index (χ3n) is 3.01. The van der Waals surface area contributed by atoms with E-state index in [-0.39, 0.29) is 5.91 Å². The van der Waals surface area contributed by atoms with E-state index in [4.69, 9.17) is 12.2 Å². The molecule has 0 saturated heterocycles. The Morgan fingerprint density at radius 3 is 2.82 bits per heavy atom. The Hall–Kier alpha value is -2.32. The number of anilines is 1. The number of amides is 1. The van der Waals surface area contributed by atoms with Crippen molar-refractivity contribution in [2.75, 3.05) is 5.32 Å². The summed E-state index contributed by atoms with van der Waals surface area (Å²) >= 11 is 6.63. The number of nitrogens with one attached hydrogen (secondary N) is 2. The average molecular weight is 331 g/mol. The molecule has 3 aromatic rings. The van der Waals surface area contributed by atoms with Gasteiger partial charge in [0.2, 0.25) is 5.13 Å². The van der Waals surface area contributed by atoms with Crippen molar-refractivity contribution >= 4 is 34.6 Å². The molecule has 112 valence electrons. The molecule has 1 amide bonds. The van der Waals surface area contributed by atoms with E-state index in [2.05, 4.69) is 20.5 Å². The van der Waals surface area contributed by atoms with Gasteiger partial charge in [-0.15, -0.1) is 10.2 Å². The molecule has 0 radical (unpaired) electrons. The molecular formula is C14H13N5OS2. The number of hydrogen-bond acceptors (Lipinski definition) is 5. The highest BCUT2D eigenvalue weighted by molar-refractivity contribution is 7.71. The van der Waals surface area contributed by atoms with Gasteiger partial charge in [-0.1, -0.05) is 36.5 Å². The summed E-state index contributed by atoms with van der Waals surface area (Å²) in [6.07, 6.45) is 2.38. The van der Waals surface area contributed by atoms with Crippen LogP contribution in [0.5, 0.6) is 0 Å². The van der Waals surface area contributed by atoms with Crippen LogP contribution in [0, 0.1) is 4.77 Å². The zero-order valence-corrected chi connectivity index (χ0v) is 13.4. The number of hydrogen-bond donors (Lipinski definition) is 2. The minimum absolute atomic E-state index is 0.282. The maximum absolute atomic E-state index is 12.5. The van der Waals surface area contributed by atoms with Gasteiger partial charge in [0.15, 0.2) is 4.77 Å². The van der Waals surface area contributed by atoms with Crippen molar-refractivity contribution in [1.82, 2.24) is 19.7 Å². The fourth-order valence-electron chi connectivity index (χ4n) is 1.98. The maximum atomic E-state index is 12.5. The van der Waals surface area contributed by atoms with E-state index in [1.807, 2.05) is 37.3 Å². The molecule has 6 nitrogen and oxygen atoms in total. The van der Waals surface area contributed by atoms with Crippen LogP contribution in [0.1, 0.15) is 22.4 Å². The topological polar surface area (TPSA) is 75.6 Å². The van der Waals surface area contributed by atoms with Crippen molar-refractivity contribution in [3.8, 4) is 5.69 Å². The molecule has 0 unspecified atom stereocenters. The van der Waals surface area contributed by atoms with Crippen LogP contribution in [-0.2, 0) is 6.42 Å². The van der Waals surface area contributed by atoms with Gasteiger partial charge in [-0.3, -0.25) is 14.7 Å². The van der Waals surface area contributed by atoms with E-state index in [1.54, 1.807) is 10.8 Å². The highest BCUT2D eigenvalue weighted by Gasteiger charge is 2.16. The average Bonchev–Trinajstić information content (AvgIpc) is 3.14. The molecule has 0 fully saturated rings. The molecular weight excluding hydrogens is 318 g/mol. The predicted molar refractivity (Wildman–Crippen MR) is 88.2 cm³/mol. The predicted octanol–water partition coefficient (Wildman–Crippen LogP) is 3.20. The number of imidazole rings is 1. The van der Waals surface area contributed by atoms with Crippen molar-refractivity contribution in [2.24, 2.45) is 0 Å². The number of carbonyl (C=O) groups is 1. The molecule has 8 heteroatoms. The first-order valence-electron chi connectivity index (χ1n) is 6.68. The van der Waals surface area contributed by atoms with E-state index in [0.29, 0.717) is 15.6 Å². The van der Waals surface area contributed by atoms with Gasteiger partial charge < -0.3 is 4.98 Å².